The molecule has 1 aromatic rings. The first-order valence-corrected chi connectivity index (χ1v) is 5.73. The number of benzene rings is 1. The second-order valence-electron chi connectivity index (χ2n) is 3.87. The second-order valence-corrected chi connectivity index (χ2v) is 3.87. The van der Waals surface area contributed by atoms with Crippen molar-refractivity contribution >= 4 is 17.7 Å². The van der Waals surface area contributed by atoms with Crippen molar-refractivity contribution < 1.29 is 28.9 Å². The molecule has 0 saturated carbocycles. The smallest absolute Gasteiger partial charge is 0.332 e. The number of hydrogen-bond donors (Lipinski definition) is 4. The number of aliphatic carboxylic acids is 1. The molecule has 7 nitrogen and oxygen atoms in total. The number of aliphatic hydroxyl groups is 1. The Morgan fingerprint density at radius 3 is 2.75 bits per heavy atom. The van der Waals surface area contributed by atoms with Gasteiger partial charge in [-0.15, -0.1) is 0 Å². The SMILES string of the molecule is COc1ccc(F)c(NC(=O)NCCC(O)C(=O)O)c1. The molecule has 0 aromatic heterocycles. The molecule has 2 amide bonds. The normalized spacial score (nSPS) is 11.6. The molecule has 0 spiro atoms. The molecule has 8 heteroatoms. The molecule has 0 radical (unpaired) electrons. The largest absolute Gasteiger partial charge is 0.497 e. The van der Waals surface area contributed by atoms with Crippen LogP contribution in [0, 0.1) is 5.82 Å². The Bertz CT molecular complexity index is 495. The molecule has 1 aromatic carbocycles. The second kappa shape index (κ2) is 7.29. The summed E-state index contributed by atoms with van der Waals surface area (Å²) in [5.41, 5.74) is -0.0689. The van der Waals surface area contributed by atoms with Crippen LogP contribution in [0.25, 0.3) is 0 Å². The highest BCUT2D eigenvalue weighted by Crippen LogP contribution is 2.20. The summed E-state index contributed by atoms with van der Waals surface area (Å²) in [7, 11) is 1.41. The number of hydrogen-bond acceptors (Lipinski definition) is 4. The van der Waals surface area contributed by atoms with E-state index in [0.29, 0.717) is 5.75 Å². The summed E-state index contributed by atoms with van der Waals surface area (Å²) >= 11 is 0. The molecule has 0 bridgehead atoms. The number of carbonyl (C=O) groups is 2. The number of nitrogens with one attached hydrogen (secondary N) is 2. The zero-order valence-corrected chi connectivity index (χ0v) is 10.7. The van der Waals surface area contributed by atoms with E-state index in [1.807, 2.05) is 0 Å². The van der Waals surface area contributed by atoms with E-state index in [9.17, 15) is 14.0 Å². The fourth-order valence-electron chi connectivity index (χ4n) is 1.34. The van der Waals surface area contributed by atoms with Gasteiger partial charge in [-0.05, 0) is 12.1 Å². The standard InChI is InChI=1S/C12H15FN2O5/c1-20-7-2-3-8(13)9(6-7)15-12(19)14-5-4-10(16)11(17)18/h2-3,6,10,16H,4-5H2,1H3,(H,17,18)(H2,14,15,19). The Kier molecular flexibility index (Phi) is 5.73. The Morgan fingerprint density at radius 2 is 2.15 bits per heavy atom. The van der Waals surface area contributed by atoms with E-state index in [0.717, 1.165) is 6.07 Å². The predicted octanol–water partition coefficient (Wildman–Crippen LogP) is 0.791. The number of carboxylic acids is 1. The summed E-state index contributed by atoms with van der Waals surface area (Å²) < 4.78 is 18.3. The van der Waals surface area contributed by atoms with Gasteiger partial charge in [0.05, 0.1) is 12.8 Å². The molecule has 1 unspecified atom stereocenters. The lowest BCUT2D eigenvalue weighted by molar-refractivity contribution is -0.146. The molecule has 0 aliphatic rings. The summed E-state index contributed by atoms with van der Waals surface area (Å²) in [4.78, 5) is 21.8. The van der Waals surface area contributed by atoms with E-state index in [4.69, 9.17) is 14.9 Å². The minimum Gasteiger partial charge on any atom is -0.497 e. The van der Waals surface area contributed by atoms with Crippen molar-refractivity contribution in [3.05, 3.63) is 24.0 Å². The van der Waals surface area contributed by atoms with Gasteiger partial charge in [-0.25, -0.2) is 14.0 Å². The van der Waals surface area contributed by atoms with Crippen LogP contribution in [0.4, 0.5) is 14.9 Å². The molecule has 1 rings (SSSR count). The first-order chi connectivity index (χ1) is 9.43. The maximum Gasteiger partial charge on any atom is 0.332 e. The molecule has 0 fully saturated rings. The fraction of sp³-hybridized carbons (Fsp3) is 0.333. The lowest BCUT2D eigenvalue weighted by Gasteiger charge is -2.10. The summed E-state index contributed by atoms with van der Waals surface area (Å²) in [5.74, 6) is -1.62. The molecule has 110 valence electrons. The van der Waals surface area contributed by atoms with E-state index >= 15 is 0 Å². The van der Waals surface area contributed by atoms with Gasteiger partial charge in [-0.3, -0.25) is 0 Å². The number of anilines is 1. The number of halogens is 1. The number of rotatable bonds is 6. The van der Waals surface area contributed by atoms with E-state index < -0.39 is 23.9 Å². The van der Waals surface area contributed by atoms with Crippen LogP contribution in [0.3, 0.4) is 0 Å². The van der Waals surface area contributed by atoms with Crippen LogP contribution in [-0.4, -0.2) is 42.0 Å². The first kappa shape index (κ1) is 15.7. The van der Waals surface area contributed by atoms with E-state index in [-0.39, 0.29) is 18.7 Å². The minimum atomic E-state index is -1.55. The van der Waals surface area contributed by atoms with E-state index in [2.05, 4.69) is 10.6 Å². The number of urea groups is 1. The van der Waals surface area contributed by atoms with Crippen LogP contribution in [0.5, 0.6) is 5.75 Å². The first-order valence-electron chi connectivity index (χ1n) is 5.73. The van der Waals surface area contributed by atoms with Gasteiger partial charge in [-0.1, -0.05) is 0 Å². The van der Waals surface area contributed by atoms with Crippen LogP contribution in [0.15, 0.2) is 18.2 Å². The number of methoxy groups -OCH3 is 1. The van der Waals surface area contributed by atoms with Gasteiger partial charge in [0.15, 0.2) is 6.10 Å². The van der Waals surface area contributed by atoms with Crippen molar-refractivity contribution in [1.29, 1.82) is 0 Å². The molecule has 0 aliphatic heterocycles. The highest BCUT2D eigenvalue weighted by Gasteiger charge is 2.13. The third kappa shape index (κ3) is 4.73. The zero-order valence-electron chi connectivity index (χ0n) is 10.7. The highest BCUT2D eigenvalue weighted by molar-refractivity contribution is 5.89. The molecule has 0 aliphatic carbocycles. The maximum atomic E-state index is 13.4. The lowest BCUT2D eigenvalue weighted by atomic mass is 10.2. The molecule has 1 atom stereocenters. The van der Waals surface area contributed by atoms with Crippen LogP contribution in [-0.2, 0) is 4.79 Å². The summed E-state index contributed by atoms with van der Waals surface area (Å²) in [5, 5.41) is 22.0. The fourth-order valence-corrected chi connectivity index (χ4v) is 1.34. The van der Waals surface area contributed by atoms with Gasteiger partial charge in [0.2, 0.25) is 0 Å². The van der Waals surface area contributed by atoms with Crippen molar-refractivity contribution in [2.45, 2.75) is 12.5 Å². The number of ether oxygens (including phenoxy) is 1. The van der Waals surface area contributed by atoms with Crippen molar-refractivity contribution in [2.24, 2.45) is 0 Å². The maximum absolute atomic E-state index is 13.4. The molecule has 0 heterocycles. The molecular weight excluding hydrogens is 271 g/mol. The van der Waals surface area contributed by atoms with Crippen LogP contribution < -0.4 is 15.4 Å². The Balaban J connectivity index is 2.48. The monoisotopic (exact) mass is 286 g/mol. The zero-order chi connectivity index (χ0) is 15.1. The third-order valence-corrected chi connectivity index (χ3v) is 2.41. The Labute approximate surface area is 114 Å². The van der Waals surface area contributed by atoms with Gasteiger partial charge >= 0.3 is 12.0 Å². The number of carboxylic acid groups (broad SMARTS) is 1. The molecular formula is C12H15FN2O5. The number of amides is 2. The topological polar surface area (TPSA) is 108 Å². The van der Waals surface area contributed by atoms with Gasteiger partial charge in [0, 0.05) is 19.0 Å². The molecule has 0 saturated heterocycles. The van der Waals surface area contributed by atoms with Gasteiger partial charge in [0.25, 0.3) is 0 Å². The average Bonchev–Trinajstić information content (AvgIpc) is 2.41. The average molecular weight is 286 g/mol. The van der Waals surface area contributed by atoms with Crippen molar-refractivity contribution in [3.8, 4) is 5.75 Å². The van der Waals surface area contributed by atoms with Gasteiger partial charge in [-0.2, -0.15) is 0 Å². The summed E-state index contributed by atoms with van der Waals surface area (Å²) in [6.07, 6.45) is -1.70. The summed E-state index contributed by atoms with van der Waals surface area (Å²) in [6, 6.07) is 3.14. The van der Waals surface area contributed by atoms with Crippen molar-refractivity contribution in [1.82, 2.24) is 5.32 Å². The van der Waals surface area contributed by atoms with Gasteiger partial charge < -0.3 is 25.6 Å². The van der Waals surface area contributed by atoms with Crippen LogP contribution in [0.1, 0.15) is 6.42 Å². The highest BCUT2D eigenvalue weighted by atomic mass is 19.1. The van der Waals surface area contributed by atoms with Crippen molar-refractivity contribution in [3.63, 3.8) is 0 Å². The van der Waals surface area contributed by atoms with Crippen molar-refractivity contribution in [2.75, 3.05) is 19.0 Å². The number of aliphatic hydroxyl groups excluding tert-OH is 1. The lowest BCUT2D eigenvalue weighted by Crippen LogP contribution is -2.33. The third-order valence-electron chi connectivity index (χ3n) is 2.41. The quantitative estimate of drug-likeness (QED) is 0.618. The Morgan fingerprint density at radius 1 is 1.45 bits per heavy atom. The minimum absolute atomic E-state index is 0.0646. The van der Waals surface area contributed by atoms with Crippen LogP contribution >= 0.6 is 0 Å². The van der Waals surface area contributed by atoms with Crippen LogP contribution in [0.2, 0.25) is 0 Å². The Hall–Kier alpha value is -2.35. The number of carbonyl (C=O) groups excluding carboxylic acids is 1. The molecule has 20 heavy (non-hydrogen) atoms. The van der Waals surface area contributed by atoms with E-state index in [1.165, 1.54) is 19.2 Å². The van der Waals surface area contributed by atoms with Gasteiger partial charge in [0.1, 0.15) is 11.6 Å². The van der Waals surface area contributed by atoms with E-state index in [1.54, 1.807) is 0 Å². The summed E-state index contributed by atoms with van der Waals surface area (Å²) in [6.45, 7) is -0.0646. The molecule has 4 N–H and O–H groups in total. The predicted molar refractivity (Wildman–Crippen MR) is 68.2 cm³/mol.